The first-order valence-electron chi connectivity index (χ1n) is 5.28. The van der Waals surface area contributed by atoms with E-state index in [2.05, 4.69) is 10.0 Å². The van der Waals surface area contributed by atoms with Crippen molar-refractivity contribution in [2.75, 3.05) is 39.9 Å². The van der Waals surface area contributed by atoms with Gasteiger partial charge in [0, 0.05) is 44.1 Å². The molecular weight excluding hydrogens is 237 g/mol. The molecule has 2 atom stereocenters. The van der Waals surface area contributed by atoms with E-state index < -0.39 is 18.0 Å². The molecule has 0 spiro atoms. The zero-order chi connectivity index (χ0) is 12.9. The van der Waals surface area contributed by atoms with E-state index in [-0.39, 0.29) is 19.7 Å². The lowest BCUT2D eigenvalue weighted by atomic mass is 9.96. The number of hydrogen-bond acceptors (Lipinski definition) is 3. The van der Waals surface area contributed by atoms with Crippen molar-refractivity contribution in [2.45, 2.75) is 6.18 Å². The van der Waals surface area contributed by atoms with Gasteiger partial charge < -0.3 is 9.64 Å². The molecule has 0 aromatic heterocycles. The number of ether oxygens (including phenoxy) is 1. The Morgan fingerprint density at radius 2 is 2.18 bits per heavy atom. The highest BCUT2D eigenvalue weighted by Gasteiger charge is 2.49. The zero-order valence-corrected chi connectivity index (χ0v) is 9.52. The Hall–Kier alpha value is -0.980. The topological polar surface area (TPSA) is 61.2 Å². The lowest BCUT2D eigenvalue weighted by Gasteiger charge is -2.20. The van der Waals surface area contributed by atoms with Gasteiger partial charge in [-0.1, -0.05) is 5.11 Å². The number of rotatable bonds is 5. The SMILES string of the molecule is COC[C@H]1CN(CCN=[N+]=[N-])C[C@@H]1C(F)(F)F. The average Bonchev–Trinajstić information content (AvgIpc) is 2.62. The quantitative estimate of drug-likeness (QED) is 0.427. The van der Waals surface area contributed by atoms with Gasteiger partial charge >= 0.3 is 6.18 Å². The molecule has 0 aliphatic carbocycles. The maximum absolute atomic E-state index is 12.7. The van der Waals surface area contributed by atoms with Gasteiger partial charge in [-0.25, -0.2) is 0 Å². The number of alkyl halides is 3. The van der Waals surface area contributed by atoms with Crippen LogP contribution in [0.5, 0.6) is 0 Å². The lowest BCUT2D eigenvalue weighted by Crippen LogP contribution is -2.32. The van der Waals surface area contributed by atoms with Gasteiger partial charge in [-0.2, -0.15) is 13.2 Å². The van der Waals surface area contributed by atoms with Gasteiger partial charge in [0.2, 0.25) is 0 Å². The van der Waals surface area contributed by atoms with Crippen LogP contribution in [0.15, 0.2) is 5.11 Å². The summed E-state index contributed by atoms with van der Waals surface area (Å²) in [6, 6.07) is 0. The van der Waals surface area contributed by atoms with Crippen molar-refractivity contribution >= 4 is 0 Å². The van der Waals surface area contributed by atoms with Crippen LogP contribution in [-0.2, 0) is 4.74 Å². The molecule has 5 nitrogen and oxygen atoms in total. The fourth-order valence-electron chi connectivity index (χ4n) is 2.13. The smallest absolute Gasteiger partial charge is 0.384 e. The Labute approximate surface area is 97.2 Å². The fourth-order valence-corrected chi connectivity index (χ4v) is 2.13. The highest BCUT2D eigenvalue weighted by molar-refractivity contribution is 4.88. The van der Waals surface area contributed by atoms with Crippen molar-refractivity contribution in [2.24, 2.45) is 17.0 Å². The molecule has 0 radical (unpaired) electrons. The number of nitrogens with zero attached hydrogens (tertiary/aromatic N) is 4. The van der Waals surface area contributed by atoms with Gasteiger partial charge in [0.15, 0.2) is 0 Å². The molecule has 17 heavy (non-hydrogen) atoms. The van der Waals surface area contributed by atoms with Gasteiger partial charge in [0.1, 0.15) is 0 Å². The first-order chi connectivity index (χ1) is 7.99. The van der Waals surface area contributed by atoms with Crippen LogP contribution in [0.25, 0.3) is 10.4 Å². The number of hydrogen-bond donors (Lipinski definition) is 0. The standard InChI is InChI=1S/C9H15F3N4O/c1-17-6-7-4-16(3-2-14-15-13)5-8(7)9(10,11)12/h7-8H,2-6H2,1H3/t7-,8+/m1/s1. The second-order valence-corrected chi connectivity index (χ2v) is 4.08. The molecule has 8 heteroatoms. The molecule has 0 saturated carbocycles. The van der Waals surface area contributed by atoms with E-state index in [0.29, 0.717) is 13.1 Å². The summed E-state index contributed by atoms with van der Waals surface area (Å²) < 4.78 is 43.0. The summed E-state index contributed by atoms with van der Waals surface area (Å²) in [6.07, 6.45) is -4.20. The Morgan fingerprint density at radius 3 is 2.71 bits per heavy atom. The Morgan fingerprint density at radius 1 is 1.47 bits per heavy atom. The molecule has 1 aliphatic heterocycles. The van der Waals surface area contributed by atoms with Gasteiger partial charge in [0.25, 0.3) is 0 Å². The number of halogens is 3. The maximum Gasteiger partial charge on any atom is 0.393 e. The summed E-state index contributed by atoms with van der Waals surface area (Å²) in [7, 11) is 1.40. The predicted octanol–water partition coefficient (Wildman–Crippen LogP) is 2.05. The van der Waals surface area contributed by atoms with Gasteiger partial charge in [-0.05, 0) is 5.53 Å². The van der Waals surface area contributed by atoms with Crippen molar-refractivity contribution in [3.8, 4) is 0 Å². The maximum atomic E-state index is 12.7. The first-order valence-corrected chi connectivity index (χ1v) is 5.28. The van der Waals surface area contributed by atoms with Crippen LogP contribution < -0.4 is 0 Å². The molecule has 0 aromatic rings. The molecule has 0 amide bonds. The number of likely N-dealkylation sites (tertiary alicyclic amines) is 1. The summed E-state index contributed by atoms with van der Waals surface area (Å²) in [5, 5.41) is 3.32. The first kappa shape index (κ1) is 14.1. The average molecular weight is 252 g/mol. The molecular formula is C9H15F3N4O. The largest absolute Gasteiger partial charge is 0.393 e. The molecule has 0 unspecified atom stereocenters. The van der Waals surface area contributed by atoms with E-state index in [1.54, 1.807) is 4.90 Å². The Kier molecular flexibility index (Phi) is 5.04. The lowest BCUT2D eigenvalue weighted by molar-refractivity contribution is -0.183. The minimum atomic E-state index is -4.20. The molecule has 1 rings (SSSR count). The number of methoxy groups -OCH3 is 1. The third-order valence-corrected chi connectivity index (χ3v) is 2.90. The van der Waals surface area contributed by atoms with Crippen molar-refractivity contribution in [1.82, 2.24) is 4.90 Å². The third kappa shape index (κ3) is 4.07. The fraction of sp³-hybridized carbons (Fsp3) is 1.00. The molecule has 0 bridgehead atoms. The summed E-state index contributed by atoms with van der Waals surface area (Å²) in [5.74, 6) is -1.89. The van der Waals surface area contributed by atoms with Crippen LogP contribution in [0.3, 0.4) is 0 Å². The van der Waals surface area contributed by atoms with Crippen LogP contribution in [0.4, 0.5) is 13.2 Å². The molecule has 1 fully saturated rings. The molecule has 0 N–H and O–H groups in total. The van der Waals surface area contributed by atoms with Crippen LogP contribution >= 0.6 is 0 Å². The second-order valence-electron chi connectivity index (χ2n) is 4.08. The second kappa shape index (κ2) is 6.09. The van der Waals surface area contributed by atoms with Crippen molar-refractivity contribution in [1.29, 1.82) is 0 Å². The van der Waals surface area contributed by atoms with Crippen molar-refractivity contribution < 1.29 is 17.9 Å². The number of azide groups is 1. The predicted molar refractivity (Wildman–Crippen MR) is 55.4 cm³/mol. The minimum Gasteiger partial charge on any atom is -0.384 e. The van der Waals surface area contributed by atoms with E-state index >= 15 is 0 Å². The minimum absolute atomic E-state index is 0.0432. The Balaban J connectivity index is 2.55. The highest BCUT2D eigenvalue weighted by Crippen LogP contribution is 2.37. The van der Waals surface area contributed by atoms with Crippen LogP contribution in [0.2, 0.25) is 0 Å². The van der Waals surface area contributed by atoms with E-state index in [9.17, 15) is 13.2 Å². The van der Waals surface area contributed by atoms with E-state index in [4.69, 9.17) is 10.3 Å². The molecule has 0 aromatic carbocycles. The molecule has 1 aliphatic rings. The zero-order valence-electron chi connectivity index (χ0n) is 9.52. The van der Waals surface area contributed by atoms with E-state index in [1.807, 2.05) is 0 Å². The third-order valence-electron chi connectivity index (χ3n) is 2.90. The molecule has 1 saturated heterocycles. The van der Waals surface area contributed by atoms with Gasteiger partial charge in [0.05, 0.1) is 12.5 Å². The van der Waals surface area contributed by atoms with Crippen LogP contribution in [0, 0.1) is 11.8 Å². The molecule has 98 valence electrons. The normalized spacial score (nSPS) is 25.9. The summed E-state index contributed by atoms with van der Waals surface area (Å²) in [4.78, 5) is 4.23. The highest BCUT2D eigenvalue weighted by atomic mass is 19.4. The van der Waals surface area contributed by atoms with E-state index in [1.165, 1.54) is 7.11 Å². The van der Waals surface area contributed by atoms with Crippen LogP contribution in [-0.4, -0.2) is 51.0 Å². The van der Waals surface area contributed by atoms with E-state index in [0.717, 1.165) is 0 Å². The van der Waals surface area contributed by atoms with Crippen molar-refractivity contribution in [3.63, 3.8) is 0 Å². The van der Waals surface area contributed by atoms with Gasteiger partial charge in [-0.15, -0.1) is 0 Å². The van der Waals surface area contributed by atoms with Crippen molar-refractivity contribution in [3.05, 3.63) is 10.4 Å². The van der Waals surface area contributed by atoms with Crippen LogP contribution in [0.1, 0.15) is 0 Å². The summed E-state index contributed by atoms with van der Waals surface area (Å²) in [5.41, 5.74) is 8.10. The monoisotopic (exact) mass is 252 g/mol. The Bertz CT molecular complexity index is 290. The summed E-state index contributed by atoms with van der Waals surface area (Å²) >= 11 is 0. The van der Waals surface area contributed by atoms with Gasteiger partial charge in [-0.3, -0.25) is 0 Å². The summed E-state index contributed by atoms with van der Waals surface area (Å²) in [6.45, 7) is 0.942. The molecule has 1 heterocycles.